The summed E-state index contributed by atoms with van der Waals surface area (Å²) in [6.45, 7) is 2.33. The largest absolute Gasteiger partial charge is 0.416 e. The van der Waals surface area contributed by atoms with E-state index in [1.54, 1.807) is 24.3 Å². The molecule has 2 aromatic rings. The fourth-order valence-corrected chi connectivity index (χ4v) is 3.37. The second kappa shape index (κ2) is 12.5. The van der Waals surface area contributed by atoms with Crippen LogP contribution in [0.4, 0.5) is 36.8 Å². The lowest BCUT2D eigenvalue weighted by atomic mass is 9.95. The Morgan fingerprint density at radius 3 is 2.03 bits per heavy atom. The normalized spacial score (nSPS) is 13.1. The summed E-state index contributed by atoms with van der Waals surface area (Å²) in [6.07, 6.45) is -9.39. The van der Waals surface area contributed by atoms with Gasteiger partial charge in [-0.2, -0.15) is 26.3 Å². The van der Waals surface area contributed by atoms with Crippen LogP contribution in [0.1, 0.15) is 29.0 Å². The third-order valence-electron chi connectivity index (χ3n) is 5.10. The highest BCUT2D eigenvalue weighted by Crippen LogP contribution is 2.37. The summed E-state index contributed by atoms with van der Waals surface area (Å²) in [4.78, 5) is 14.4. The van der Waals surface area contributed by atoms with Crippen LogP contribution in [0.25, 0.3) is 0 Å². The van der Waals surface area contributed by atoms with E-state index in [4.69, 9.17) is 11.6 Å². The molecule has 2 aromatic carbocycles. The van der Waals surface area contributed by atoms with Gasteiger partial charge in [-0.3, -0.25) is 0 Å². The van der Waals surface area contributed by atoms with Crippen molar-refractivity contribution in [3.63, 3.8) is 0 Å². The van der Waals surface area contributed by atoms with Crippen LogP contribution < -0.4 is 16.0 Å². The number of halogens is 7. The topological polar surface area (TPSA) is 56.4 Å². The van der Waals surface area contributed by atoms with E-state index in [9.17, 15) is 31.1 Å². The average Bonchev–Trinajstić information content (AvgIpc) is 2.74. The number of carbonyl (C=O) groups is 1. The van der Waals surface area contributed by atoms with Gasteiger partial charge in [0, 0.05) is 36.3 Å². The molecule has 0 aliphatic rings. The molecule has 0 fully saturated rings. The number of nitrogens with zero attached hydrogens (tertiary/aromatic N) is 1. The molecule has 2 amide bonds. The summed E-state index contributed by atoms with van der Waals surface area (Å²) >= 11 is 5.94. The van der Waals surface area contributed by atoms with E-state index in [2.05, 4.69) is 16.0 Å². The molecule has 2 rings (SSSR count). The van der Waals surface area contributed by atoms with Gasteiger partial charge in [0.15, 0.2) is 0 Å². The third kappa shape index (κ3) is 9.95. The number of benzene rings is 2. The van der Waals surface area contributed by atoms with Crippen LogP contribution in [0, 0.1) is 0 Å². The smallest absolute Gasteiger partial charge is 0.337 e. The van der Waals surface area contributed by atoms with E-state index >= 15 is 0 Å². The van der Waals surface area contributed by atoms with Crippen molar-refractivity contribution in [1.82, 2.24) is 15.5 Å². The van der Waals surface area contributed by atoms with Gasteiger partial charge in [-0.25, -0.2) is 4.79 Å². The SMILES string of the molecule is CN(C)CCNCCC(CNC(=O)Nc1cc(C(F)(F)F)cc(C(F)(F)F)c1)c1ccc(Cl)cc1. The molecule has 0 bridgehead atoms. The lowest BCUT2D eigenvalue weighted by Gasteiger charge is -2.20. The fraction of sp³-hybridized carbons (Fsp3) is 0.435. The second-order valence-electron chi connectivity index (χ2n) is 8.22. The zero-order valence-electron chi connectivity index (χ0n) is 19.2. The minimum atomic E-state index is -5.01. The number of carbonyl (C=O) groups excluding carboxylic acids is 1. The summed E-state index contributed by atoms with van der Waals surface area (Å²) in [6, 6.07) is 7.00. The highest BCUT2D eigenvalue weighted by molar-refractivity contribution is 6.30. The summed E-state index contributed by atoms with van der Waals surface area (Å²) in [7, 11) is 3.89. The summed E-state index contributed by atoms with van der Waals surface area (Å²) in [5.41, 5.74) is -2.75. The van der Waals surface area contributed by atoms with E-state index in [0.29, 0.717) is 30.1 Å². The Kier molecular flexibility index (Phi) is 10.2. The molecular weight excluding hydrogens is 498 g/mol. The van der Waals surface area contributed by atoms with Gasteiger partial charge in [-0.1, -0.05) is 23.7 Å². The Bertz CT molecular complexity index is 932. The molecule has 0 radical (unpaired) electrons. The summed E-state index contributed by atoms with van der Waals surface area (Å²) in [5.74, 6) is -0.169. The fourth-order valence-electron chi connectivity index (χ4n) is 3.24. The lowest BCUT2D eigenvalue weighted by molar-refractivity contribution is -0.143. The molecule has 5 nitrogen and oxygen atoms in total. The molecular formula is C23H27ClF6N4O. The molecule has 35 heavy (non-hydrogen) atoms. The third-order valence-corrected chi connectivity index (χ3v) is 5.35. The highest BCUT2D eigenvalue weighted by Gasteiger charge is 2.37. The predicted octanol–water partition coefficient (Wildman–Crippen LogP) is 5.82. The molecule has 0 heterocycles. The van der Waals surface area contributed by atoms with E-state index in [1.165, 1.54) is 0 Å². The van der Waals surface area contributed by atoms with E-state index in [0.717, 1.165) is 18.7 Å². The van der Waals surface area contributed by atoms with Crippen molar-refractivity contribution >= 4 is 23.3 Å². The number of anilines is 1. The molecule has 0 saturated carbocycles. The number of hydrogen-bond acceptors (Lipinski definition) is 3. The number of rotatable bonds is 10. The van der Waals surface area contributed by atoms with Crippen LogP contribution >= 0.6 is 11.6 Å². The number of nitrogens with one attached hydrogen (secondary N) is 3. The van der Waals surface area contributed by atoms with Crippen LogP contribution in [0.3, 0.4) is 0 Å². The molecule has 0 aliphatic carbocycles. The van der Waals surface area contributed by atoms with E-state index in [-0.39, 0.29) is 18.5 Å². The number of amides is 2. The molecule has 1 unspecified atom stereocenters. The van der Waals surface area contributed by atoms with E-state index in [1.807, 2.05) is 19.0 Å². The Labute approximate surface area is 204 Å². The van der Waals surface area contributed by atoms with Gasteiger partial charge in [-0.15, -0.1) is 0 Å². The van der Waals surface area contributed by atoms with Gasteiger partial charge in [-0.05, 0) is 63.0 Å². The standard InChI is InChI=1S/C23H27ClF6N4O/c1-34(2)10-9-31-8-7-16(15-3-5-19(24)6-4-15)14-32-21(35)33-20-12-17(22(25,26)27)11-18(13-20)23(28,29)30/h3-6,11-13,16,31H,7-10,14H2,1-2H3,(H2,32,33,35). The van der Waals surface area contributed by atoms with Crippen molar-refractivity contribution in [1.29, 1.82) is 0 Å². The van der Waals surface area contributed by atoms with Crippen molar-refractivity contribution in [2.24, 2.45) is 0 Å². The van der Waals surface area contributed by atoms with Crippen molar-refractivity contribution in [2.45, 2.75) is 24.7 Å². The monoisotopic (exact) mass is 524 g/mol. The quantitative estimate of drug-likeness (QED) is 0.271. The van der Waals surface area contributed by atoms with Crippen molar-refractivity contribution in [3.8, 4) is 0 Å². The van der Waals surface area contributed by atoms with Gasteiger partial charge in [0.05, 0.1) is 11.1 Å². The molecule has 0 aromatic heterocycles. The highest BCUT2D eigenvalue weighted by atomic mass is 35.5. The predicted molar refractivity (Wildman–Crippen MR) is 124 cm³/mol. The van der Waals surface area contributed by atoms with Gasteiger partial charge in [0.25, 0.3) is 0 Å². The Balaban J connectivity index is 2.08. The number of likely N-dealkylation sites (N-methyl/N-ethyl adjacent to an activating group) is 1. The van der Waals surface area contributed by atoms with Crippen molar-refractivity contribution in [3.05, 3.63) is 64.2 Å². The molecule has 194 valence electrons. The van der Waals surface area contributed by atoms with Crippen LogP contribution in [0.5, 0.6) is 0 Å². The Morgan fingerprint density at radius 1 is 0.943 bits per heavy atom. The Morgan fingerprint density at radius 2 is 1.51 bits per heavy atom. The molecule has 1 atom stereocenters. The molecule has 0 spiro atoms. The zero-order valence-corrected chi connectivity index (χ0v) is 19.9. The van der Waals surface area contributed by atoms with E-state index < -0.39 is 35.2 Å². The first kappa shape index (κ1) is 28.7. The van der Waals surface area contributed by atoms with Gasteiger partial charge in [0.1, 0.15) is 0 Å². The molecule has 3 N–H and O–H groups in total. The van der Waals surface area contributed by atoms with Crippen LogP contribution in [-0.2, 0) is 12.4 Å². The van der Waals surface area contributed by atoms with Crippen molar-refractivity contribution < 1.29 is 31.1 Å². The maximum Gasteiger partial charge on any atom is 0.416 e. The average molecular weight is 525 g/mol. The maximum absolute atomic E-state index is 13.0. The summed E-state index contributed by atoms with van der Waals surface area (Å²) in [5, 5.41) is 8.44. The van der Waals surface area contributed by atoms with Crippen LogP contribution in [0.2, 0.25) is 5.02 Å². The number of urea groups is 1. The minimum Gasteiger partial charge on any atom is -0.337 e. The maximum atomic E-state index is 13.0. The second-order valence-corrected chi connectivity index (χ2v) is 8.66. The number of hydrogen-bond donors (Lipinski definition) is 3. The minimum absolute atomic E-state index is 0.00293. The number of alkyl halides is 6. The van der Waals surface area contributed by atoms with Crippen LogP contribution in [-0.4, -0.2) is 51.2 Å². The molecule has 12 heteroatoms. The summed E-state index contributed by atoms with van der Waals surface area (Å²) < 4.78 is 78.3. The first-order valence-corrected chi connectivity index (χ1v) is 11.1. The van der Waals surface area contributed by atoms with Gasteiger partial charge < -0.3 is 20.9 Å². The van der Waals surface area contributed by atoms with Crippen molar-refractivity contribution in [2.75, 3.05) is 45.6 Å². The molecule has 0 saturated heterocycles. The first-order chi connectivity index (χ1) is 16.3. The first-order valence-electron chi connectivity index (χ1n) is 10.7. The Hall–Kier alpha value is -2.50. The van der Waals surface area contributed by atoms with Gasteiger partial charge in [0.2, 0.25) is 0 Å². The zero-order chi connectivity index (χ0) is 26.2. The van der Waals surface area contributed by atoms with Gasteiger partial charge >= 0.3 is 18.4 Å². The van der Waals surface area contributed by atoms with Crippen LogP contribution in [0.15, 0.2) is 42.5 Å². The lowest BCUT2D eigenvalue weighted by Crippen LogP contribution is -2.34. The molecule has 0 aliphatic heterocycles.